The number of carbonyl (C=O) groups excluding carboxylic acids is 2. The number of hydrogen-bond donors (Lipinski definition) is 1. The summed E-state index contributed by atoms with van der Waals surface area (Å²) in [7, 11) is -2.20. The van der Waals surface area contributed by atoms with Crippen LogP contribution < -0.4 is 5.32 Å². The van der Waals surface area contributed by atoms with Gasteiger partial charge in [0.05, 0.1) is 12.8 Å². The van der Waals surface area contributed by atoms with E-state index in [4.69, 9.17) is 0 Å². The number of nitrogens with zero attached hydrogens (tertiary/aromatic N) is 2. The van der Waals surface area contributed by atoms with Gasteiger partial charge >= 0.3 is 0 Å². The molecule has 0 fully saturated rings. The lowest BCUT2D eigenvalue weighted by molar-refractivity contribution is -0.141. The number of nitrogens with one attached hydrogen (secondary N) is 1. The Morgan fingerprint density at radius 1 is 0.968 bits per heavy atom. The minimum Gasteiger partial charge on any atom is -0.354 e. The monoisotopic (exact) mass is 445 g/mol. The molecule has 0 aromatic heterocycles. The van der Waals surface area contributed by atoms with Crippen LogP contribution >= 0.6 is 0 Å². The summed E-state index contributed by atoms with van der Waals surface area (Å²) in [6.07, 6.45) is 1.05. The summed E-state index contributed by atoms with van der Waals surface area (Å²) < 4.78 is 24.7. The van der Waals surface area contributed by atoms with Gasteiger partial charge in [-0.25, -0.2) is 8.42 Å². The van der Waals surface area contributed by atoms with Gasteiger partial charge in [-0.3, -0.25) is 9.59 Å². The molecule has 8 heteroatoms. The van der Waals surface area contributed by atoms with E-state index in [0.717, 1.165) is 16.1 Å². The molecule has 1 atom stereocenters. The normalized spacial score (nSPS) is 12.6. The summed E-state index contributed by atoms with van der Waals surface area (Å²) in [6, 6.07) is 17.5. The van der Waals surface area contributed by atoms with Crippen LogP contribution in [0.25, 0.3) is 0 Å². The Hall–Kier alpha value is -2.71. The van der Waals surface area contributed by atoms with Gasteiger partial charge in [-0.1, -0.05) is 74.5 Å². The second-order valence-electron chi connectivity index (χ2n) is 7.98. The van der Waals surface area contributed by atoms with Crippen molar-refractivity contribution in [1.29, 1.82) is 0 Å². The van der Waals surface area contributed by atoms with Crippen LogP contribution in [-0.2, 0) is 26.2 Å². The fourth-order valence-electron chi connectivity index (χ4n) is 3.01. The maximum absolute atomic E-state index is 13.3. The largest absolute Gasteiger partial charge is 0.354 e. The molecule has 0 aliphatic heterocycles. The van der Waals surface area contributed by atoms with Crippen LogP contribution in [-0.4, -0.2) is 55.8 Å². The molecule has 0 saturated carbocycles. The number of hydrogen-bond acceptors (Lipinski definition) is 4. The molecule has 2 rings (SSSR count). The summed E-state index contributed by atoms with van der Waals surface area (Å²) in [6.45, 7) is 4.27. The molecule has 0 bridgehead atoms. The zero-order chi connectivity index (χ0) is 23.0. The van der Waals surface area contributed by atoms with E-state index in [0.29, 0.717) is 12.1 Å². The minimum atomic E-state index is -3.55. The number of carbonyl (C=O) groups is 2. The molecule has 1 N–H and O–H groups in total. The Labute approximate surface area is 185 Å². The second-order valence-corrected chi connectivity index (χ2v) is 10.1. The highest BCUT2D eigenvalue weighted by molar-refractivity contribution is 7.88. The van der Waals surface area contributed by atoms with Gasteiger partial charge in [-0.05, 0) is 17.0 Å². The van der Waals surface area contributed by atoms with Crippen molar-refractivity contribution in [3.63, 3.8) is 0 Å². The van der Waals surface area contributed by atoms with Crippen molar-refractivity contribution < 1.29 is 18.0 Å². The molecule has 7 nitrogen and oxygen atoms in total. The highest BCUT2D eigenvalue weighted by Gasteiger charge is 2.32. The number of rotatable bonds is 10. The third-order valence-corrected chi connectivity index (χ3v) is 6.06. The second kappa shape index (κ2) is 11.1. The van der Waals surface area contributed by atoms with E-state index >= 15 is 0 Å². The zero-order valence-corrected chi connectivity index (χ0v) is 19.3. The van der Waals surface area contributed by atoms with Crippen molar-refractivity contribution in [1.82, 2.24) is 14.5 Å². The number of amides is 2. The van der Waals surface area contributed by atoms with Crippen molar-refractivity contribution in [2.24, 2.45) is 5.92 Å². The van der Waals surface area contributed by atoms with Gasteiger partial charge in [0.15, 0.2) is 0 Å². The van der Waals surface area contributed by atoms with E-state index in [1.54, 1.807) is 12.1 Å². The fraction of sp³-hybridized carbons (Fsp3) is 0.391. The first-order valence-electron chi connectivity index (χ1n) is 10.2. The van der Waals surface area contributed by atoms with Crippen LogP contribution in [0.15, 0.2) is 60.7 Å². The standard InChI is InChI=1S/C23H31N3O4S/c1-18(2)15-24-23(28)22(20-13-9-6-10-14-20)26(16-19-11-7-5-8-12-19)21(27)17-25(3)31(4,29)30/h5-14,18,22H,15-17H2,1-4H3,(H,24,28)/t22-/m0/s1. The number of likely N-dealkylation sites (N-methyl/N-ethyl adjacent to an activating group) is 1. The van der Waals surface area contributed by atoms with Gasteiger partial charge in [0.25, 0.3) is 0 Å². The van der Waals surface area contributed by atoms with E-state index in [2.05, 4.69) is 5.32 Å². The summed E-state index contributed by atoms with van der Waals surface area (Å²) >= 11 is 0. The lowest BCUT2D eigenvalue weighted by atomic mass is 10.0. The molecule has 168 valence electrons. The van der Waals surface area contributed by atoms with E-state index in [1.807, 2.05) is 62.4 Å². The molecule has 2 aromatic carbocycles. The highest BCUT2D eigenvalue weighted by atomic mass is 32.2. The van der Waals surface area contributed by atoms with Crippen LogP contribution in [0.5, 0.6) is 0 Å². The number of sulfonamides is 1. The lowest BCUT2D eigenvalue weighted by Gasteiger charge is -2.32. The van der Waals surface area contributed by atoms with Crippen LogP contribution in [0.3, 0.4) is 0 Å². The summed E-state index contributed by atoms with van der Waals surface area (Å²) in [5.41, 5.74) is 1.51. The van der Waals surface area contributed by atoms with Crippen molar-refractivity contribution in [3.05, 3.63) is 71.8 Å². The van der Waals surface area contributed by atoms with E-state index in [1.165, 1.54) is 11.9 Å². The minimum absolute atomic E-state index is 0.173. The third kappa shape index (κ3) is 7.48. The Balaban J connectivity index is 2.46. The quantitative estimate of drug-likeness (QED) is 0.609. The molecular formula is C23H31N3O4S. The molecule has 0 heterocycles. The van der Waals surface area contributed by atoms with Crippen LogP contribution in [0.4, 0.5) is 0 Å². The molecule has 0 radical (unpaired) electrons. The van der Waals surface area contributed by atoms with Gasteiger partial charge in [-0.15, -0.1) is 0 Å². The lowest BCUT2D eigenvalue weighted by Crippen LogP contribution is -2.47. The average Bonchev–Trinajstić information content (AvgIpc) is 2.72. The van der Waals surface area contributed by atoms with Gasteiger partial charge in [0.1, 0.15) is 6.04 Å². The van der Waals surface area contributed by atoms with Crippen molar-refractivity contribution in [3.8, 4) is 0 Å². The molecule has 0 aliphatic carbocycles. The summed E-state index contributed by atoms with van der Waals surface area (Å²) in [4.78, 5) is 28.0. The maximum atomic E-state index is 13.3. The van der Waals surface area contributed by atoms with E-state index < -0.39 is 22.0 Å². The van der Waals surface area contributed by atoms with Gasteiger partial charge in [0, 0.05) is 20.1 Å². The fourth-order valence-corrected chi connectivity index (χ4v) is 3.36. The predicted octanol–water partition coefficient (Wildman–Crippen LogP) is 2.42. The Bertz CT molecular complexity index is 963. The number of benzene rings is 2. The van der Waals surface area contributed by atoms with Gasteiger partial charge in [0.2, 0.25) is 21.8 Å². The molecule has 0 spiro atoms. The van der Waals surface area contributed by atoms with Crippen LogP contribution in [0, 0.1) is 5.92 Å². The zero-order valence-electron chi connectivity index (χ0n) is 18.5. The average molecular weight is 446 g/mol. The smallest absolute Gasteiger partial charge is 0.247 e. The third-order valence-electron chi connectivity index (χ3n) is 4.80. The first kappa shape index (κ1) is 24.6. The van der Waals surface area contributed by atoms with Crippen molar-refractivity contribution in [2.45, 2.75) is 26.4 Å². The van der Waals surface area contributed by atoms with Crippen LogP contribution in [0.1, 0.15) is 31.0 Å². The Kier molecular flexibility index (Phi) is 8.76. The Morgan fingerprint density at radius 2 is 1.52 bits per heavy atom. The molecule has 0 saturated heterocycles. The Morgan fingerprint density at radius 3 is 2.03 bits per heavy atom. The van der Waals surface area contributed by atoms with Gasteiger partial charge in [-0.2, -0.15) is 4.31 Å². The van der Waals surface area contributed by atoms with Gasteiger partial charge < -0.3 is 10.2 Å². The molecule has 2 aromatic rings. The first-order valence-corrected chi connectivity index (χ1v) is 12.0. The molecule has 0 unspecified atom stereocenters. The summed E-state index contributed by atoms with van der Waals surface area (Å²) in [5.74, 6) is -0.508. The van der Waals surface area contributed by atoms with E-state index in [-0.39, 0.29) is 24.9 Å². The highest BCUT2D eigenvalue weighted by Crippen LogP contribution is 2.24. The SMILES string of the molecule is CC(C)CNC(=O)[C@H](c1ccccc1)N(Cc1ccccc1)C(=O)CN(C)S(C)(=O)=O. The molecule has 0 aliphatic rings. The predicted molar refractivity (Wildman–Crippen MR) is 121 cm³/mol. The molecule has 2 amide bonds. The topological polar surface area (TPSA) is 86.8 Å². The molecular weight excluding hydrogens is 414 g/mol. The summed E-state index contributed by atoms with van der Waals surface area (Å²) in [5, 5.41) is 2.92. The van der Waals surface area contributed by atoms with Crippen molar-refractivity contribution in [2.75, 3.05) is 26.4 Å². The first-order chi connectivity index (χ1) is 14.6. The maximum Gasteiger partial charge on any atom is 0.247 e. The van der Waals surface area contributed by atoms with Crippen molar-refractivity contribution >= 4 is 21.8 Å². The van der Waals surface area contributed by atoms with E-state index in [9.17, 15) is 18.0 Å². The van der Waals surface area contributed by atoms with Crippen LogP contribution in [0.2, 0.25) is 0 Å². The molecule has 31 heavy (non-hydrogen) atoms.